The van der Waals surface area contributed by atoms with E-state index < -0.39 is 21.5 Å². The smallest absolute Gasteiger partial charge is 0.181 e. The second-order valence-corrected chi connectivity index (χ2v) is 6.39. The van der Waals surface area contributed by atoms with Crippen LogP contribution in [-0.2, 0) is 9.84 Å². The number of nitrogen functional groups attached to an aromatic ring is 1. The van der Waals surface area contributed by atoms with Crippen molar-refractivity contribution < 1.29 is 21.9 Å². The number of nitrogens with two attached hydrogens (primary N) is 1. The second-order valence-electron chi connectivity index (χ2n) is 4.28. The normalized spacial score (nSPS) is 11.3. The van der Waals surface area contributed by atoms with Crippen molar-refractivity contribution in [2.75, 3.05) is 18.1 Å². The Morgan fingerprint density at radius 1 is 1.05 bits per heavy atom. The van der Waals surface area contributed by atoms with E-state index in [0.29, 0.717) is 17.5 Å². The molecule has 2 aromatic carbocycles. The lowest BCUT2D eigenvalue weighted by atomic mass is 10.3. The molecule has 7 heteroatoms. The van der Waals surface area contributed by atoms with Gasteiger partial charge in [-0.1, -0.05) is 12.1 Å². The van der Waals surface area contributed by atoms with Gasteiger partial charge in [-0.05, 0) is 30.3 Å². The van der Waals surface area contributed by atoms with Crippen molar-refractivity contribution >= 4 is 15.5 Å². The summed E-state index contributed by atoms with van der Waals surface area (Å²) in [7, 11) is -3.76. The molecule has 21 heavy (non-hydrogen) atoms. The zero-order chi connectivity index (χ0) is 15.5. The highest BCUT2D eigenvalue weighted by Gasteiger charge is 2.17. The number of hydrogen-bond donors (Lipinski definition) is 1. The number of anilines is 1. The Kier molecular flexibility index (Phi) is 4.42. The Bertz CT molecular complexity index is 748. The summed E-state index contributed by atoms with van der Waals surface area (Å²) in [4.78, 5) is -0.286. The van der Waals surface area contributed by atoms with Gasteiger partial charge < -0.3 is 10.5 Å². The van der Waals surface area contributed by atoms with Gasteiger partial charge in [0.15, 0.2) is 21.5 Å². The molecule has 0 bridgehead atoms. The molecule has 0 saturated carbocycles. The molecule has 0 saturated heterocycles. The van der Waals surface area contributed by atoms with Crippen LogP contribution in [0.1, 0.15) is 0 Å². The first kappa shape index (κ1) is 15.2. The molecule has 4 nitrogen and oxygen atoms in total. The van der Waals surface area contributed by atoms with E-state index in [1.165, 1.54) is 0 Å². The molecule has 0 amide bonds. The van der Waals surface area contributed by atoms with Gasteiger partial charge in [0.25, 0.3) is 0 Å². The number of benzene rings is 2. The fourth-order valence-corrected chi connectivity index (χ4v) is 2.76. The summed E-state index contributed by atoms with van der Waals surface area (Å²) in [5, 5.41) is 0. The highest BCUT2D eigenvalue weighted by molar-refractivity contribution is 7.91. The molecule has 2 N–H and O–H groups in total. The molecule has 0 atom stereocenters. The van der Waals surface area contributed by atoms with Crippen LogP contribution in [0.15, 0.2) is 47.4 Å². The molecule has 112 valence electrons. The number of sulfone groups is 1. The number of rotatable bonds is 5. The van der Waals surface area contributed by atoms with Crippen LogP contribution >= 0.6 is 0 Å². The second kappa shape index (κ2) is 6.09. The minimum absolute atomic E-state index is 0.143. The van der Waals surface area contributed by atoms with Crippen LogP contribution in [0.3, 0.4) is 0 Å². The zero-order valence-corrected chi connectivity index (χ0v) is 11.7. The fourth-order valence-electron chi connectivity index (χ4n) is 1.66. The van der Waals surface area contributed by atoms with E-state index in [4.69, 9.17) is 10.5 Å². The van der Waals surface area contributed by atoms with E-state index >= 15 is 0 Å². The van der Waals surface area contributed by atoms with Gasteiger partial charge in [0, 0.05) is 0 Å². The molecular formula is C14H13F2NO3S. The van der Waals surface area contributed by atoms with Crippen LogP contribution in [0.25, 0.3) is 0 Å². The number of ether oxygens (including phenoxy) is 1. The Hall–Kier alpha value is -2.15. The average Bonchev–Trinajstić information content (AvgIpc) is 2.44. The third kappa shape index (κ3) is 3.69. The summed E-state index contributed by atoms with van der Waals surface area (Å²) < 4.78 is 55.1. The molecule has 0 aliphatic carbocycles. The topological polar surface area (TPSA) is 69.4 Å². The maximum Gasteiger partial charge on any atom is 0.181 e. The van der Waals surface area contributed by atoms with Crippen molar-refractivity contribution in [3.05, 3.63) is 54.1 Å². The number of hydrogen-bond acceptors (Lipinski definition) is 4. The monoisotopic (exact) mass is 313 g/mol. The Morgan fingerprint density at radius 2 is 1.76 bits per heavy atom. The summed E-state index contributed by atoms with van der Waals surface area (Å²) >= 11 is 0. The number of para-hydroxylation sites is 2. The van der Waals surface area contributed by atoms with Crippen molar-refractivity contribution in [3.8, 4) is 5.75 Å². The van der Waals surface area contributed by atoms with Crippen LogP contribution in [0.2, 0.25) is 0 Å². The van der Waals surface area contributed by atoms with Crippen LogP contribution in [0.4, 0.5) is 14.5 Å². The van der Waals surface area contributed by atoms with Crippen molar-refractivity contribution in [2.45, 2.75) is 4.90 Å². The maximum absolute atomic E-state index is 13.1. The minimum atomic E-state index is -3.76. The molecule has 0 spiro atoms. The van der Waals surface area contributed by atoms with Gasteiger partial charge in [0.1, 0.15) is 12.4 Å². The van der Waals surface area contributed by atoms with E-state index in [2.05, 4.69) is 0 Å². The summed E-state index contributed by atoms with van der Waals surface area (Å²) in [5.41, 5.74) is 6.04. The molecule has 2 rings (SSSR count). The Labute approximate surface area is 121 Å². The predicted molar refractivity (Wildman–Crippen MR) is 74.8 cm³/mol. The molecule has 0 heterocycles. The van der Waals surface area contributed by atoms with Gasteiger partial charge >= 0.3 is 0 Å². The van der Waals surface area contributed by atoms with Crippen LogP contribution in [0.5, 0.6) is 5.75 Å². The molecule has 0 aliphatic heterocycles. The lowest BCUT2D eigenvalue weighted by Crippen LogP contribution is -2.15. The predicted octanol–water partition coefficient (Wildman–Crippen LogP) is 2.40. The van der Waals surface area contributed by atoms with Crippen molar-refractivity contribution in [3.63, 3.8) is 0 Å². The van der Waals surface area contributed by atoms with Crippen LogP contribution in [-0.4, -0.2) is 20.8 Å². The zero-order valence-electron chi connectivity index (χ0n) is 10.9. The summed E-state index contributed by atoms with van der Waals surface area (Å²) in [5.74, 6) is -2.29. The minimum Gasteiger partial charge on any atom is -0.490 e. The van der Waals surface area contributed by atoms with Gasteiger partial charge in [-0.3, -0.25) is 0 Å². The molecule has 0 unspecified atom stereocenters. The average molecular weight is 313 g/mol. The van der Waals surface area contributed by atoms with E-state index in [0.717, 1.165) is 12.1 Å². The van der Waals surface area contributed by atoms with Gasteiger partial charge in [-0.25, -0.2) is 17.2 Å². The number of halogens is 2. The van der Waals surface area contributed by atoms with Gasteiger partial charge in [0.2, 0.25) is 0 Å². The fraction of sp³-hybridized carbons (Fsp3) is 0.143. The third-order valence-electron chi connectivity index (χ3n) is 2.78. The van der Waals surface area contributed by atoms with E-state index in [1.807, 2.05) is 0 Å². The van der Waals surface area contributed by atoms with Crippen molar-refractivity contribution in [1.82, 2.24) is 0 Å². The standard InChI is InChI=1S/C14H13F2NO3S/c15-11-6-5-10(9-12(11)16)21(18,19)8-7-20-14-4-2-1-3-13(14)17/h1-6,9H,7-8,17H2. The highest BCUT2D eigenvalue weighted by atomic mass is 32.2. The molecule has 0 aliphatic rings. The lowest BCUT2D eigenvalue weighted by molar-refractivity contribution is 0.342. The first-order valence-electron chi connectivity index (χ1n) is 6.05. The molecule has 0 radical (unpaired) electrons. The summed E-state index contributed by atoms with van der Waals surface area (Å²) in [6.07, 6.45) is 0. The largest absolute Gasteiger partial charge is 0.490 e. The van der Waals surface area contributed by atoms with Gasteiger partial charge in [0.05, 0.1) is 16.3 Å². The van der Waals surface area contributed by atoms with Crippen LogP contribution < -0.4 is 10.5 Å². The first-order chi connectivity index (χ1) is 9.90. The molecular weight excluding hydrogens is 300 g/mol. The highest BCUT2D eigenvalue weighted by Crippen LogP contribution is 2.20. The molecule has 0 fully saturated rings. The summed E-state index contributed by atoms with van der Waals surface area (Å²) in [6, 6.07) is 9.11. The van der Waals surface area contributed by atoms with Gasteiger partial charge in [-0.2, -0.15) is 0 Å². The SMILES string of the molecule is Nc1ccccc1OCCS(=O)(=O)c1ccc(F)c(F)c1. The van der Waals surface area contributed by atoms with E-state index in [9.17, 15) is 17.2 Å². The van der Waals surface area contributed by atoms with Crippen LogP contribution in [0, 0.1) is 11.6 Å². The van der Waals surface area contributed by atoms with Gasteiger partial charge in [-0.15, -0.1) is 0 Å². The Morgan fingerprint density at radius 3 is 2.43 bits per heavy atom. The van der Waals surface area contributed by atoms with E-state index in [-0.39, 0.29) is 17.3 Å². The Balaban J connectivity index is 2.05. The van der Waals surface area contributed by atoms with Crippen molar-refractivity contribution in [2.24, 2.45) is 0 Å². The lowest BCUT2D eigenvalue weighted by Gasteiger charge is -2.09. The van der Waals surface area contributed by atoms with Crippen molar-refractivity contribution in [1.29, 1.82) is 0 Å². The molecule has 0 aromatic heterocycles. The quantitative estimate of drug-likeness (QED) is 0.680. The molecule has 2 aromatic rings. The third-order valence-corrected chi connectivity index (χ3v) is 4.46. The summed E-state index contributed by atoms with van der Waals surface area (Å²) in [6.45, 7) is -0.143. The maximum atomic E-state index is 13.1. The first-order valence-corrected chi connectivity index (χ1v) is 7.70. The van der Waals surface area contributed by atoms with E-state index in [1.54, 1.807) is 24.3 Å².